The number of H-pyrrole nitrogens is 2. The molecule has 0 saturated heterocycles. The number of aromatic nitrogens is 5. The molecule has 2 aromatic heterocycles. The van der Waals surface area contributed by atoms with Crippen LogP contribution in [-0.4, -0.2) is 24.7 Å². The average molecular weight is 297 g/mol. The van der Waals surface area contributed by atoms with Crippen LogP contribution in [0.25, 0.3) is 16.6 Å². The van der Waals surface area contributed by atoms with Gasteiger partial charge < -0.3 is 4.98 Å². The number of fused-ring (bicyclic) bond motifs is 1. The predicted octanol–water partition coefficient (Wildman–Crippen LogP) is 0.816. The van der Waals surface area contributed by atoms with Gasteiger partial charge in [0.05, 0.1) is 22.2 Å². The zero-order valence-electron chi connectivity index (χ0n) is 10.1. The van der Waals surface area contributed by atoms with Crippen molar-refractivity contribution in [1.29, 1.82) is 0 Å². The van der Waals surface area contributed by atoms with Gasteiger partial charge in [-0.1, -0.05) is 0 Å². The summed E-state index contributed by atoms with van der Waals surface area (Å²) in [7, 11) is 0. The highest BCUT2D eigenvalue weighted by Crippen LogP contribution is 2.35. The number of benzene rings is 1. The van der Waals surface area contributed by atoms with E-state index in [0.29, 0.717) is 6.07 Å². The van der Waals surface area contributed by atoms with Crippen LogP contribution in [0.2, 0.25) is 0 Å². The molecule has 1 aromatic carbocycles. The van der Waals surface area contributed by atoms with Crippen LogP contribution in [0.5, 0.6) is 0 Å². The van der Waals surface area contributed by atoms with E-state index in [2.05, 4.69) is 15.2 Å². The summed E-state index contributed by atoms with van der Waals surface area (Å²) in [5.74, 6) is 0. The van der Waals surface area contributed by atoms with E-state index in [1.807, 2.05) is 4.98 Å². The number of hydrogen-bond donors (Lipinski definition) is 2. The minimum atomic E-state index is -4.67. The Hall–Kier alpha value is -2.91. The molecule has 3 rings (SSSR count). The first-order valence-electron chi connectivity index (χ1n) is 5.59. The zero-order valence-corrected chi connectivity index (χ0v) is 10.1. The Morgan fingerprint density at radius 3 is 2.33 bits per heavy atom. The molecule has 0 unspecified atom stereocenters. The van der Waals surface area contributed by atoms with Crippen molar-refractivity contribution in [3.8, 4) is 5.69 Å². The SMILES string of the molecule is O=c1[nH]c(=O)c2cc(-n3cnnc3)c(C(F)(F)F)cc2[nH]1. The van der Waals surface area contributed by atoms with Gasteiger partial charge in [0.1, 0.15) is 12.7 Å². The van der Waals surface area contributed by atoms with Crippen LogP contribution in [0.3, 0.4) is 0 Å². The lowest BCUT2D eigenvalue weighted by atomic mass is 10.1. The van der Waals surface area contributed by atoms with E-state index in [9.17, 15) is 22.8 Å². The molecule has 0 saturated carbocycles. The fourth-order valence-corrected chi connectivity index (χ4v) is 1.97. The first-order chi connectivity index (χ1) is 9.86. The van der Waals surface area contributed by atoms with Gasteiger partial charge in [0.15, 0.2) is 0 Å². The Labute approximate surface area is 113 Å². The van der Waals surface area contributed by atoms with Gasteiger partial charge >= 0.3 is 11.9 Å². The molecule has 3 aromatic rings. The van der Waals surface area contributed by atoms with Gasteiger partial charge in [0, 0.05) is 0 Å². The zero-order chi connectivity index (χ0) is 15.2. The number of nitrogens with one attached hydrogen (secondary N) is 2. The second-order valence-electron chi connectivity index (χ2n) is 4.19. The normalized spacial score (nSPS) is 12.0. The monoisotopic (exact) mass is 297 g/mol. The van der Waals surface area contributed by atoms with Gasteiger partial charge in [-0.25, -0.2) is 4.79 Å². The topological polar surface area (TPSA) is 96.4 Å². The van der Waals surface area contributed by atoms with E-state index in [1.165, 1.54) is 0 Å². The minimum absolute atomic E-state index is 0.0775. The van der Waals surface area contributed by atoms with Crippen molar-refractivity contribution in [2.75, 3.05) is 0 Å². The third kappa shape index (κ3) is 2.20. The van der Waals surface area contributed by atoms with Gasteiger partial charge in [0.25, 0.3) is 5.56 Å². The van der Waals surface area contributed by atoms with Crippen LogP contribution in [0.15, 0.2) is 34.4 Å². The lowest BCUT2D eigenvalue weighted by Crippen LogP contribution is -2.23. The van der Waals surface area contributed by atoms with Crippen molar-refractivity contribution in [2.24, 2.45) is 0 Å². The summed E-state index contributed by atoms with van der Waals surface area (Å²) in [5.41, 5.74) is -3.18. The number of hydrogen-bond acceptors (Lipinski definition) is 4. The molecule has 7 nitrogen and oxygen atoms in total. The molecule has 2 heterocycles. The first-order valence-corrected chi connectivity index (χ1v) is 5.59. The molecular weight excluding hydrogens is 291 g/mol. The first kappa shape index (κ1) is 13.1. The highest BCUT2D eigenvalue weighted by atomic mass is 19.4. The van der Waals surface area contributed by atoms with E-state index in [4.69, 9.17) is 0 Å². The van der Waals surface area contributed by atoms with Gasteiger partial charge in [0.2, 0.25) is 0 Å². The molecule has 0 aliphatic rings. The maximum Gasteiger partial charge on any atom is 0.418 e. The number of rotatable bonds is 1. The van der Waals surface area contributed by atoms with E-state index in [0.717, 1.165) is 23.3 Å². The number of nitrogens with zero attached hydrogens (tertiary/aromatic N) is 3. The Kier molecular flexibility index (Phi) is 2.68. The molecule has 0 amide bonds. The Balaban J connectivity index is 2.45. The molecule has 0 aliphatic heterocycles. The summed E-state index contributed by atoms with van der Waals surface area (Å²) in [6.45, 7) is 0. The van der Waals surface area contributed by atoms with E-state index >= 15 is 0 Å². The summed E-state index contributed by atoms with van der Waals surface area (Å²) in [4.78, 5) is 27.0. The van der Waals surface area contributed by atoms with Crippen molar-refractivity contribution in [3.63, 3.8) is 0 Å². The van der Waals surface area contributed by atoms with Crippen molar-refractivity contribution in [3.05, 3.63) is 51.2 Å². The van der Waals surface area contributed by atoms with Crippen LogP contribution >= 0.6 is 0 Å². The standard InChI is InChI=1S/C11H6F3N5O2/c12-11(13,14)6-2-7-5(9(20)18-10(21)17-7)1-8(6)19-3-15-16-4-19/h1-4H,(H2,17,18,20,21). The van der Waals surface area contributed by atoms with Crippen LogP contribution in [0, 0.1) is 0 Å². The number of aromatic amines is 2. The minimum Gasteiger partial charge on any atom is -0.307 e. The van der Waals surface area contributed by atoms with E-state index in [-0.39, 0.29) is 16.6 Å². The third-order valence-electron chi connectivity index (χ3n) is 2.86. The average Bonchev–Trinajstić information content (AvgIpc) is 2.90. The Morgan fingerprint density at radius 1 is 1.05 bits per heavy atom. The lowest BCUT2D eigenvalue weighted by molar-refractivity contribution is -0.137. The molecule has 0 radical (unpaired) electrons. The molecule has 0 aliphatic carbocycles. The molecule has 21 heavy (non-hydrogen) atoms. The van der Waals surface area contributed by atoms with Crippen molar-refractivity contribution >= 4 is 10.9 Å². The molecule has 0 atom stereocenters. The molecular formula is C11H6F3N5O2. The van der Waals surface area contributed by atoms with Gasteiger partial charge in [-0.15, -0.1) is 10.2 Å². The predicted molar refractivity (Wildman–Crippen MR) is 65.1 cm³/mol. The molecule has 0 fully saturated rings. The van der Waals surface area contributed by atoms with Crippen LogP contribution in [0.4, 0.5) is 13.2 Å². The maximum absolute atomic E-state index is 13.1. The van der Waals surface area contributed by atoms with Crippen molar-refractivity contribution in [1.82, 2.24) is 24.7 Å². The summed E-state index contributed by atoms with van der Waals surface area (Å²) < 4.78 is 40.4. The van der Waals surface area contributed by atoms with Crippen molar-refractivity contribution in [2.45, 2.75) is 6.18 Å². The van der Waals surface area contributed by atoms with E-state index in [1.54, 1.807) is 0 Å². The summed E-state index contributed by atoms with van der Waals surface area (Å²) in [6.07, 6.45) is -2.51. The second-order valence-corrected chi connectivity index (χ2v) is 4.19. The summed E-state index contributed by atoms with van der Waals surface area (Å²) >= 11 is 0. The van der Waals surface area contributed by atoms with Crippen LogP contribution < -0.4 is 11.2 Å². The number of halogens is 3. The molecule has 108 valence electrons. The van der Waals surface area contributed by atoms with Gasteiger partial charge in [-0.3, -0.25) is 14.3 Å². The molecule has 0 bridgehead atoms. The maximum atomic E-state index is 13.1. The van der Waals surface area contributed by atoms with Gasteiger partial charge in [-0.2, -0.15) is 13.2 Å². The molecule has 10 heteroatoms. The third-order valence-corrected chi connectivity index (χ3v) is 2.86. The molecule has 2 N–H and O–H groups in total. The fourth-order valence-electron chi connectivity index (χ4n) is 1.97. The summed E-state index contributed by atoms with van der Waals surface area (Å²) in [6, 6.07) is 1.73. The van der Waals surface area contributed by atoms with E-state index < -0.39 is 23.0 Å². The fraction of sp³-hybridized carbons (Fsp3) is 0.0909. The largest absolute Gasteiger partial charge is 0.418 e. The second kappa shape index (κ2) is 4.30. The van der Waals surface area contributed by atoms with Gasteiger partial charge in [-0.05, 0) is 12.1 Å². The highest BCUT2D eigenvalue weighted by Gasteiger charge is 2.34. The van der Waals surface area contributed by atoms with Crippen LogP contribution in [-0.2, 0) is 6.18 Å². The lowest BCUT2D eigenvalue weighted by Gasteiger charge is -2.13. The smallest absolute Gasteiger partial charge is 0.307 e. The summed E-state index contributed by atoms with van der Waals surface area (Å²) in [5, 5.41) is 6.80. The Morgan fingerprint density at radius 2 is 1.71 bits per heavy atom. The quantitative estimate of drug-likeness (QED) is 0.695. The highest BCUT2D eigenvalue weighted by molar-refractivity contribution is 5.81. The van der Waals surface area contributed by atoms with Crippen molar-refractivity contribution < 1.29 is 13.2 Å². The Bertz CT molecular complexity index is 924. The van der Waals surface area contributed by atoms with Crippen LogP contribution in [0.1, 0.15) is 5.56 Å². The number of alkyl halides is 3. The molecule has 0 spiro atoms.